The lowest BCUT2D eigenvalue weighted by Crippen LogP contribution is -2.37. The Morgan fingerprint density at radius 1 is 1.15 bits per heavy atom. The van der Waals surface area contributed by atoms with E-state index in [1.165, 1.54) is 18.2 Å². The Kier molecular flexibility index (Phi) is 6.33. The van der Waals surface area contributed by atoms with Crippen molar-refractivity contribution in [1.82, 2.24) is 14.9 Å². The zero-order valence-electron chi connectivity index (χ0n) is 18.3. The molecule has 0 spiro atoms. The fourth-order valence-corrected chi connectivity index (χ4v) is 4.55. The fourth-order valence-electron chi connectivity index (χ4n) is 3.59. The average molecular weight is 480 g/mol. The van der Waals surface area contributed by atoms with Crippen LogP contribution in [0.4, 0.5) is 0 Å². The van der Waals surface area contributed by atoms with Gasteiger partial charge in [0.1, 0.15) is 10.6 Å². The SMILES string of the molecule is COc1cccc(CNC(=O)c2cc3c(=O)n(C(C)c4ccc(C(=O)O)cc4)c(=O)[nH]c3s2)c1. The number of carbonyl (C=O) groups excluding carboxylic acids is 1. The third-order valence-corrected chi connectivity index (χ3v) is 6.51. The van der Waals surface area contributed by atoms with Crippen molar-refractivity contribution in [1.29, 1.82) is 0 Å². The molecular formula is C24H21N3O6S. The van der Waals surface area contributed by atoms with Crippen molar-refractivity contribution in [3.63, 3.8) is 0 Å². The molecule has 1 amide bonds. The minimum absolute atomic E-state index is 0.107. The molecule has 0 radical (unpaired) electrons. The highest BCUT2D eigenvalue weighted by Gasteiger charge is 2.19. The Labute approximate surface area is 197 Å². The maximum absolute atomic E-state index is 13.1. The number of methoxy groups -OCH3 is 1. The summed E-state index contributed by atoms with van der Waals surface area (Å²) in [6.45, 7) is 1.95. The Balaban J connectivity index is 1.61. The number of hydrogen-bond acceptors (Lipinski definition) is 6. The van der Waals surface area contributed by atoms with Crippen LogP contribution in [0, 0.1) is 0 Å². The number of aromatic carboxylic acids is 1. The van der Waals surface area contributed by atoms with Crippen molar-refractivity contribution in [2.24, 2.45) is 0 Å². The van der Waals surface area contributed by atoms with Gasteiger partial charge >= 0.3 is 11.7 Å². The number of nitrogens with one attached hydrogen (secondary N) is 2. The van der Waals surface area contributed by atoms with E-state index in [0.29, 0.717) is 21.0 Å². The van der Waals surface area contributed by atoms with Gasteiger partial charge in [0, 0.05) is 6.54 Å². The summed E-state index contributed by atoms with van der Waals surface area (Å²) in [6.07, 6.45) is 0. The lowest BCUT2D eigenvalue weighted by molar-refractivity contribution is 0.0696. The van der Waals surface area contributed by atoms with E-state index in [4.69, 9.17) is 9.84 Å². The van der Waals surface area contributed by atoms with Gasteiger partial charge in [-0.1, -0.05) is 24.3 Å². The quantitative estimate of drug-likeness (QED) is 0.374. The van der Waals surface area contributed by atoms with Crippen LogP contribution in [0.3, 0.4) is 0 Å². The highest BCUT2D eigenvalue weighted by Crippen LogP contribution is 2.22. The van der Waals surface area contributed by atoms with Crippen LogP contribution in [-0.2, 0) is 6.54 Å². The normalized spacial score (nSPS) is 11.8. The molecule has 1 unspecified atom stereocenters. The van der Waals surface area contributed by atoms with E-state index in [1.807, 2.05) is 18.2 Å². The maximum atomic E-state index is 13.1. The second-order valence-electron chi connectivity index (χ2n) is 7.60. The lowest BCUT2D eigenvalue weighted by Gasteiger charge is -2.14. The van der Waals surface area contributed by atoms with Crippen molar-refractivity contribution in [2.75, 3.05) is 7.11 Å². The van der Waals surface area contributed by atoms with E-state index in [-0.39, 0.29) is 23.4 Å². The van der Waals surface area contributed by atoms with Crippen LogP contribution in [0.25, 0.3) is 10.2 Å². The predicted octanol–water partition coefficient (Wildman–Crippen LogP) is 3.00. The lowest BCUT2D eigenvalue weighted by atomic mass is 10.1. The Morgan fingerprint density at radius 2 is 1.88 bits per heavy atom. The van der Waals surface area contributed by atoms with E-state index in [1.54, 1.807) is 32.2 Å². The van der Waals surface area contributed by atoms with Gasteiger partial charge in [0.25, 0.3) is 11.5 Å². The molecule has 34 heavy (non-hydrogen) atoms. The molecule has 2 aromatic carbocycles. The van der Waals surface area contributed by atoms with Crippen molar-refractivity contribution >= 4 is 33.4 Å². The number of thiophene rings is 1. The molecule has 0 bridgehead atoms. The predicted molar refractivity (Wildman–Crippen MR) is 128 cm³/mol. The molecule has 4 rings (SSSR count). The van der Waals surface area contributed by atoms with Gasteiger partial charge < -0.3 is 15.2 Å². The van der Waals surface area contributed by atoms with Gasteiger partial charge in [-0.25, -0.2) is 9.59 Å². The first-order valence-corrected chi connectivity index (χ1v) is 11.1. The molecule has 0 saturated carbocycles. The van der Waals surface area contributed by atoms with E-state index < -0.39 is 23.3 Å². The molecule has 2 aromatic heterocycles. The Bertz CT molecular complexity index is 1500. The molecule has 0 aliphatic heterocycles. The number of carboxylic acids is 1. The zero-order chi connectivity index (χ0) is 24.4. The minimum atomic E-state index is -1.06. The second-order valence-corrected chi connectivity index (χ2v) is 8.65. The molecule has 2 heterocycles. The summed E-state index contributed by atoms with van der Waals surface area (Å²) < 4.78 is 6.24. The number of amides is 1. The summed E-state index contributed by atoms with van der Waals surface area (Å²) in [4.78, 5) is 52.9. The van der Waals surface area contributed by atoms with Crippen molar-refractivity contribution in [2.45, 2.75) is 19.5 Å². The van der Waals surface area contributed by atoms with Gasteiger partial charge in [0.2, 0.25) is 0 Å². The van der Waals surface area contributed by atoms with Gasteiger partial charge in [-0.3, -0.25) is 19.1 Å². The number of aromatic amines is 1. The third kappa shape index (κ3) is 4.48. The molecule has 3 N–H and O–H groups in total. The molecule has 0 aliphatic carbocycles. The van der Waals surface area contributed by atoms with Crippen LogP contribution < -0.4 is 21.3 Å². The van der Waals surface area contributed by atoms with E-state index in [9.17, 15) is 19.2 Å². The van der Waals surface area contributed by atoms with Gasteiger partial charge in [0.05, 0.1) is 29.0 Å². The van der Waals surface area contributed by atoms with Crippen molar-refractivity contribution < 1.29 is 19.4 Å². The van der Waals surface area contributed by atoms with Gasteiger partial charge in [-0.15, -0.1) is 11.3 Å². The topological polar surface area (TPSA) is 130 Å². The number of fused-ring (bicyclic) bond motifs is 1. The van der Waals surface area contributed by atoms with Crippen LogP contribution in [0.5, 0.6) is 5.75 Å². The minimum Gasteiger partial charge on any atom is -0.497 e. The number of ether oxygens (including phenoxy) is 1. The first kappa shape index (κ1) is 23.0. The summed E-state index contributed by atoms with van der Waals surface area (Å²) in [6, 6.07) is 14.1. The number of aromatic nitrogens is 2. The highest BCUT2D eigenvalue weighted by molar-refractivity contribution is 7.20. The van der Waals surface area contributed by atoms with Crippen LogP contribution >= 0.6 is 11.3 Å². The molecule has 174 valence electrons. The Morgan fingerprint density at radius 3 is 2.56 bits per heavy atom. The summed E-state index contributed by atoms with van der Waals surface area (Å²) in [5, 5.41) is 12.1. The summed E-state index contributed by atoms with van der Waals surface area (Å²) in [7, 11) is 1.56. The zero-order valence-corrected chi connectivity index (χ0v) is 19.1. The number of carboxylic acid groups (broad SMARTS) is 1. The van der Waals surface area contributed by atoms with Gasteiger partial charge in [0.15, 0.2) is 0 Å². The monoisotopic (exact) mass is 479 g/mol. The number of carbonyl (C=O) groups is 2. The standard InChI is InChI=1S/C24H21N3O6S/c1-13(15-6-8-16(9-7-15)23(30)31)27-22(29)18-11-19(34-21(18)26-24(27)32)20(28)25-12-14-4-3-5-17(10-14)33-2/h3-11,13H,12H2,1-2H3,(H,25,28)(H,26,32)(H,30,31). The molecule has 4 aromatic rings. The van der Waals surface area contributed by atoms with Gasteiger partial charge in [-0.05, 0) is 48.4 Å². The molecule has 0 aliphatic rings. The van der Waals surface area contributed by atoms with E-state index in [0.717, 1.165) is 21.5 Å². The Hall–Kier alpha value is -4.18. The van der Waals surface area contributed by atoms with E-state index in [2.05, 4.69) is 10.3 Å². The maximum Gasteiger partial charge on any atom is 0.335 e. The van der Waals surface area contributed by atoms with Crippen LogP contribution in [0.15, 0.2) is 64.2 Å². The van der Waals surface area contributed by atoms with Crippen molar-refractivity contribution in [3.8, 4) is 5.75 Å². The first-order valence-electron chi connectivity index (χ1n) is 10.3. The van der Waals surface area contributed by atoms with Crippen LogP contribution in [0.2, 0.25) is 0 Å². The number of nitrogens with zero attached hydrogens (tertiary/aromatic N) is 1. The number of H-pyrrole nitrogens is 1. The number of rotatable bonds is 7. The van der Waals surface area contributed by atoms with E-state index >= 15 is 0 Å². The summed E-state index contributed by atoms with van der Waals surface area (Å²) in [5.74, 6) is -0.752. The molecule has 9 nitrogen and oxygen atoms in total. The van der Waals surface area contributed by atoms with Crippen LogP contribution in [-0.4, -0.2) is 33.6 Å². The number of benzene rings is 2. The first-order chi connectivity index (χ1) is 16.3. The smallest absolute Gasteiger partial charge is 0.335 e. The van der Waals surface area contributed by atoms with Crippen molar-refractivity contribution in [3.05, 3.63) is 97.0 Å². The molecule has 0 saturated heterocycles. The highest BCUT2D eigenvalue weighted by atomic mass is 32.1. The summed E-state index contributed by atoms with van der Waals surface area (Å²) >= 11 is 1.03. The average Bonchev–Trinajstić information content (AvgIpc) is 3.27. The molecule has 1 atom stereocenters. The molecule has 10 heteroatoms. The fraction of sp³-hybridized carbons (Fsp3) is 0.167. The number of hydrogen-bond donors (Lipinski definition) is 3. The second kappa shape index (κ2) is 9.36. The summed E-state index contributed by atoms with van der Waals surface area (Å²) in [5.41, 5.74) is 0.417. The van der Waals surface area contributed by atoms with Gasteiger partial charge in [-0.2, -0.15) is 0 Å². The third-order valence-electron chi connectivity index (χ3n) is 5.46. The largest absolute Gasteiger partial charge is 0.497 e. The molecular weight excluding hydrogens is 458 g/mol. The molecule has 0 fully saturated rings. The van der Waals surface area contributed by atoms with Crippen LogP contribution in [0.1, 0.15) is 44.1 Å².